The van der Waals surface area contributed by atoms with Gasteiger partial charge in [-0.3, -0.25) is 0 Å². The SMILES string of the molecule is CC.CC1(C)CC(N)CC(C)(C)N1. The third-order valence-electron chi connectivity index (χ3n) is 2.22. The highest BCUT2D eigenvalue weighted by molar-refractivity contribution is 4.98. The maximum Gasteiger partial charge on any atom is 0.0144 e. The Morgan fingerprint density at radius 1 is 1.00 bits per heavy atom. The summed E-state index contributed by atoms with van der Waals surface area (Å²) in [5.74, 6) is 0. The predicted molar refractivity (Wildman–Crippen MR) is 59.9 cm³/mol. The van der Waals surface area contributed by atoms with Gasteiger partial charge >= 0.3 is 0 Å². The van der Waals surface area contributed by atoms with Crippen molar-refractivity contribution >= 4 is 0 Å². The van der Waals surface area contributed by atoms with Crippen LogP contribution in [-0.2, 0) is 0 Å². The van der Waals surface area contributed by atoms with Crippen molar-refractivity contribution < 1.29 is 0 Å². The molecule has 1 aliphatic rings. The highest BCUT2D eigenvalue weighted by Gasteiger charge is 2.35. The Bertz CT molecular complexity index is 134. The molecule has 3 N–H and O–H groups in total. The largest absolute Gasteiger partial charge is 0.328 e. The van der Waals surface area contributed by atoms with E-state index >= 15 is 0 Å². The van der Waals surface area contributed by atoms with Crippen molar-refractivity contribution in [3.05, 3.63) is 0 Å². The van der Waals surface area contributed by atoms with Crippen molar-refractivity contribution in [2.75, 3.05) is 0 Å². The predicted octanol–water partition coefficient (Wildman–Crippen LogP) is 2.28. The van der Waals surface area contributed by atoms with Crippen LogP contribution in [0.15, 0.2) is 0 Å². The molecule has 0 aromatic rings. The van der Waals surface area contributed by atoms with E-state index in [1.54, 1.807) is 0 Å². The average Bonchev–Trinajstić information content (AvgIpc) is 1.82. The molecule has 13 heavy (non-hydrogen) atoms. The summed E-state index contributed by atoms with van der Waals surface area (Å²) in [6, 6.07) is 0.362. The molecule has 0 amide bonds. The van der Waals surface area contributed by atoms with Gasteiger partial charge in [0.2, 0.25) is 0 Å². The monoisotopic (exact) mass is 186 g/mol. The minimum atomic E-state index is 0.209. The van der Waals surface area contributed by atoms with E-state index in [4.69, 9.17) is 5.73 Å². The molecule has 0 aromatic carbocycles. The second kappa shape index (κ2) is 4.43. The smallest absolute Gasteiger partial charge is 0.0144 e. The summed E-state index contributed by atoms with van der Waals surface area (Å²) in [7, 11) is 0. The van der Waals surface area contributed by atoms with Crippen LogP contribution in [0.25, 0.3) is 0 Å². The second-order valence-electron chi connectivity index (χ2n) is 5.06. The van der Waals surface area contributed by atoms with Gasteiger partial charge in [0.15, 0.2) is 0 Å². The van der Waals surface area contributed by atoms with Crippen LogP contribution in [0, 0.1) is 0 Å². The summed E-state index contributed by atoms with van der Waals surface area (Å²) < 4.78 is 0. The van der Waals surface area contributed by atoms with Crippen LogP contribution >= 0.6 is 0 Å². The lowest BCUT2D eigenvalue weighted by Crippen LogP contribution is -2.60. The summed E-state index contributed by atoms with van der Waals surface area (Å²) >= 11 is 0. The molecule has 1 fully saturated rings. The van der Waals surface area contributed by atoms with Gasteiger partial charge < -0.3 is 11.1 Å². The minimum absolute atomic E-state index is 0.209. The standard InChI is InChI=1S/C9H20N2.C2H6/c1-8(2)5-7(10)6-9(3,4)11-8;1-2/h7,11H,5-6,10H2,1-4H3;1-2H3. The number of nitrogens with one attached hydrogen (secondary N) is 1. The quantitative estimate of drug-likeness (QED) is 0.609. The highest BCUT2D eigenvalue weighted by atomic mass is 15.1. The molecule has 0 spiro atoms. The first-order chi connectivity index (χ1) is 5.81. The Morgan fingerprint density at radius 3 is 1.54 bits per heavy atom. The van der Waals surface area contributed by atoms with Crippen molar-refractivity contribution in [3.63, 3.8) is 0 Å². The van der Waals surface area contributed by atoms with Crippen LogP contribution in [0.1, 0.15) is 54.4 Å². The lowest BCUT2D eigenvalue weighted by Gasteiger charge is -2.45. The van der Waals surface area contributed by atoms with E-state index in [-0.39, 0.29) is 11.1 Å². The molecule has 1 aliphatic heterocycles. The number of hydrogen-bond donors (Lipinski definition) is 2. The Labute approximate surface area is 83.3 Å². The molecular formula is C11H26N2. The van der Waals surface area contributed by atoms with E-state index in [1.807, 2.05) is 13.8 Å². The lowest BCUT2D eigenvalue weighted by molar-refractivity contribution is 0.163. The Balaban J connectivity index is 0.000000671. The molecule has 1 rings (SSSR count). The van der Waals surface area contributed by atoms with Crippen LogP contribution in [0.4, 0.5) is 0 Å². The van der Waals surface area contributed by atoms with Gasteiger partial charge in [-0.25, -0.2) is 0 Å². The fourth-order valence-corrected chi connectivity index (χ4v) is 2.40. The van der Waals surface area contributed by atoms with E-state index in [0.717, 1.165) is 12.8 Å². The third kappa shape index (κ3) is 4.63. The van der Waals surface area contributed by atoms with Crippen LogP contribution in [0.5, 0.6) is 0 Å². The fraction of sp³-hybridized carbons (Fsp3) is 1.00. The summed E-state index contributed by atoms with van der Waals surface area (Å²) in [6.07, 6.45) is 2.16. The number of piperidine rings is 1. The number of nitrogens with two attached hydrogens (primary N) is 1. The Morgan fingerprint density at radius 2 is 1.31 bits per heavy atom. The van der Waals surface area contributed by atoms with Gasteiger partial charge in [0, 0.05) is 17.1 Å². The maximum atomic E-state index is 5.95. The van der Waals surface area contributed by atoms with Crippen molar-refractivity contribution in [2.24, 2.45) is 5.73 Å². The molecule has 0 aliphatic carbocycles. The van der Waals surface area contributed by atoms with Gasteiger partial charge in [-0.05, 0) is 40.5 Å². The molecule has 0 atom stereocenters. The van der Waals surface area contributed by atoms with Crippen molar-refractivity contribution in [1.82, 2.24) is 5.32 Å². The lowest BCUT2D eigenvalue weighted by atomic mass is 9.80. The van der Waals surface area contributed by atoms with E-state index in [2.05, 4.69) is 33.0 Å². The minimum Gasteiger partial charge on any atom is -0.328 e. The Hall–Kier alpha value is -0.0800. The third-order valence-corrected chi connectivity index (χ3v) is 2.22. The van der Waals surface area contributed by atoms with Gasteiger partial charge in [0.25, 0.3) is 0 Å². The molecule has 1 heterocycles. The maximum absolute atomic E-state index is 5.95. The number of rotatable bonds is 0. The topological polar surface area (TPSA) is 38.0 Å². The first-order valence-electron chi connectivity index (χ1n) is 5.36. The first kappa shape index (κ1) is 12.9. The van der Waals surface area contributed by atoms with Gasteiger partial charge in [-0.1, -0.05) is 13.8 Å². The zero-order valence-electron chi connectivity index (χ0n) is 10.1. The summed E-state index contributed by atoms with van der Waals surface area (Å²) in [4.78, 5) is 0. The molecule has 80 valence electrons. The van der Waals surface area contributed by atoms with Crippen LogP contribution in [0.3, 0.4) is 0 Å². The molecule has 0 radical (unpaired) electrons. The molecule has 2 nitrogen and oxygen atoms in total. The van der Waals surface area contributed by atoms with E-state index in [9.17, 15) is 0 Å². The normalized spacial score (nSPS) is 26.1. The fourth-order valence-electron chi connectivity index (χ4n) is 2.40. The summed E-state index contributed by atoms with van der Waals surface area (Å²) in [5, 5.41) is 3.58. The van der Waals surface area contributed by atoms with E-state index in [1.165, 1.54) is 0 Å². The molecule has 1 saturated heterocycles. The van der Waals surface area contributed by atoms with Gasteiger partial charge in [0.05, 0.1) is 0 Å². The molecule has 2 heteroatoms. The van der Waals surface area contributed by atoms with Gasteiger partial charge in [0.1, 0.15) is 0 Å². The molecule has 0 saturated carbocycles. The average molecular weight is 186 g/mol. The Kier molecular flexibility index (Phi) is 4.40. The summed E-state index contributed by atoms with van der Waals surface area (Å²) in [6.45, 7) is 12.9. The van der Waals surface area contributed by atoms with Crippen molar-refractivity contribution in [3.8, 4) is 0 Å². The molecular weight excluding hydrogens is 160 g/mol. The van der Waals surface area contributed by atoms with Crippen LogP contribution in [-0.4, -0.2) is 17.1 Å². The highest BCUT2D eigenvalue weighted by Crippen LogP contribution is 2.26. The van der Waals surface area contributed by atoms with Crippen molar-refractivity contribution in [2.45, 2.75) is 71.5 Å². The second-order valence-corrected chi connectivity index (χ2v) is 5.06. The molecule has 0 unspecified atom stereocenters. The number of hydrogen-bond acceptors (Lipinski definition) is 2. The van der Waals surface area contributed by atoms with Crippen LogP contribution < -0.4 is 11.1 Å². The van der Waals surface area contributed by atoms with E-state index in [0.29, 0.717) is 6.04 Å². The summed E-state index contributed by atoms with van der Waals surface area (Å²) in [5.41, 5.74) is 6.36. The zero-order valence-corrected chi connectivity index (χ0v) is 10.1. The first-order valence-corrected chi connectivity index (χ1v) is 5.36. The van der Waals surface area contributed by atoms with Crippen molar-refractivity contribution in [1.29, 1.82) is 0 Å². The zero-order chi connectivity index (χ0) is 10.7. The van der Waals surface area contributed by atoms with Gasteiger partial charge in [-0.2, -0.15) is 0 Å². The van der Waals surface area contributed by atoms with E-state index < -0.39 is 0 Å². The molecule has 0 aromatic heterocycles. The van der Waals surface area contributed by atoms with Gasteiger partial charge in [-0.15, -0.1) is 0 Å². The molecule has 0 bridgehead atoms. The van der Waals surface area contributed by atoms with Crippen LogP contribution in [0.2, 0.25) is 0 Å².